The van der Waals surface area contributed by atoms with E-state index >= 15 is 0 Å². The molecule has 1 saturated heterocycles. The summed E-state index contributed by atoms with van der Waals surface area (Å²) in [5.74, 6) is -0.917. The van der Waals surface area contributed by atoms with Gasteiger partial charge in [-0.2, -0.15) is 0 Å². The molecule has 6 nitrogen and oxygen atoms in total. The minimum atomic E-state index is -0.828. The number of carbonyl (C=O) groups excluding carboxylic acids is 2. The van der Waals surface area contributed by atoms with E-state index in [2.05, 4.69) is 11.9 Å². The fraction of sp³-hybridized carbons (Fsp3) is 0.207. The average Bonchev–Trinajstić information content (AvgIpc) is 3.55. The Labute approximate surface area is 222 Å². The van der Waals surface area contributed by atoms with Gasteiger partial charge in [-0.3, -0.25) is 14.5 Å². The van der Waals surface area contributed by atoms with Gasteiger partial charge in [0.2, 0.25) is 0 Å². The minimum absolute atomic E-state index is 0.0402. The first-order chi connectivity index (χ1) is 17.8. The van der Waals surface area contributed by atoms with Crippen LogP contribution in [0, 0.1) is 0 Å². The van der Waals surface area contributed by atoms with E-state index < -0.39 is 17.7 Å². The van der Waals surface area contributed by atoms with E-state index in [1.165, 1.54) is 16.2 Å². The van der Waals surface area contributed by atoms with Crippen molar-refractivity contribution in [1.29, 1.82) is 0 Å². The molecule has 0 unspecified atom stereocenters. The predicted octanol–water partition coefficient (Wildman–Crippen LogP) is 6.46. The van der Waals surface area contributed by atoms with Crippen LogP contribution in [0.15, 0.2) is 66.2 Å². The minimum Gasteiger partial charge on any atom is -0.507 e. The number of anilines is 1. The van der Waals surface area contributed by atoms with Crippen LogP contribution in [0.4, 0.5) is 5.13 Å². The number of hydrogen-bond donors (Lipinski definition) is 1. The topological polar surface area (TPSA) is 79.7 Å². The predicted molar refractivity (Wildman–Crippen MR) is 145 cm³/mol. The van der Waals surface area contributed by atoms with Gasteiger partial charge in [-0.05, 0) is 66.4 Å². The molecule has 1 N–H and O–H groups in total. The van der Waals surface area contributed by atoms with Crippen molar-refractivity contribution in [2.45, 2.75) is 38.8 Å². The molecule has 3 heterocycles. The zero-order valence-corrected chi connectivity index (χ0v) is 21.8. The van der Waals surface area contributed by atoms with Gasteiger partial charge in [0.15, 0.2) is 5.13 Å². The van der Waals surface area contributed by atoms with Crippen LogP contribution < -0.4 is 9.64 Å². The first kappa shape index (κ1) is 23.7. The maximum absolute atomic E-state index is 13.5. The number of halogens is 1. The number of rotatable bonds is 4. The third-order valence-corrected chi connectivity index (χ3v) is 8.12. The lowest BCUT2D eigenvalue weighted by molar-refractivity contribution is -0.132. The van der Waals surface area contributed by atoms with E-state index in [9.17, 15) is 14.7 Å². The number of thiazole rings is 1. The van der Waals surface area contributed by atoms with Crippen LogP contribution in [-0.2, 0) is 22.4 Å². The zero-order chi connectivity index (χ0) is 25.8. The van der Waals surface area contributed by atoms with Crippen LogP contribution in [0.2, 0.25) is 5.02 Å². The molecule has 1 fully saturated rings. The highest BCUT2D eigenvalue weighted by atomic mass is 35.5. The van der Waals surface area contributed by atoms with Crippen LogP contribution in [0.1, 0.15) is 42.1 Å². The standard InChI is InChI=1S/C29H23ClN2O4S/c1-3-16-4-6-17(7-5-16)25-24(26(33)18-8-11-22-19(13-18)12-15(2)36-22)27(34)28(35)32(25)29-31-21-10-9-20(30)14-23(21)37-29/h4-11,13-15,25,33H,3,12H2,1-2H3/b26-24+/t15-,25-/m0/s1. The van der Waals surface area contributed by atoms with Crippen molar-refractivity contribution in [3.63, 3.8) is 0 Å². The van der Waals surface area contributed by atoms with Crippen LogP contribution >= 0.6 is 22.9 Å². The van der Waals surface area contributed by atoms with E-state index in [1.54, 1.807) is 30.3 Å². The number of aromatic nitrogens is 1. The third kappa shape index (κ3) is 3.99. The number of aliphatic hydroxyl groups excluding tert-OH is 1. The Hall–Kier alpha value is -3.68. The molecule has 0 saturated carbocycles. The Morgan fingerprint density at radius 2 is 1.92 bits per heavy atom. The fourth-order valence-corrected chi connectivity index (χ4v) is 6.26. The molecule has 0 aliphatic carbocycles. The Morgan fingerprint density at radius 3 is 2.68 bits per heavy atom. The molecule has 4 aromatic rings. The lowest BCUT2D eigenvalue weighted by atomic mass is 9.94. The summed E-state index contributed by atoms with van der Waals surface area (Å²) < 4.78 is 6.59. The summed E-state index contributed by atoms with van der Waals surface area (Å²) >= 11 is 7.45. The van der Waals surface area contributed by atoms with Gasteiger partial charge in [0, 0.05) is 17.0 Å². The van der Waals surface area contributed by atoms with Crippen molar-refractivity contribution < 1.29 is 19.4 Å². The Morgan fingerprint density at radius 1 is 1.14 bits per heavy atom. The highest BCUT2D eigenvalue weighted by Crippen LogP contribution is 2.45. The summed E-state index contributed by atoms with van der Waals surface area (Å²) in [6, 6.07) is 17.6. The molecular formula is C29H23ClN2O4S. The molecule has 2 aliphatic rings. The SMILES string of the molecule is CCc1ccc([C@H]2/C(=C(\O)c3ccc4c(c3)C[C@H](C)O4)C(=O)C(=O)N2c2nc3ccc(Cl)cc3s2)cc1. The highest BCUT2D eigenvalue weighted by Gasteiger charge is 2.48. The van der Waals surface area contributed by atoms with Crippen LogP contribution in [0.3, 0.4) is 0 Å². The number of amides is 1. The van der Waals surface area contributed by atoms with Gasteiger partial charge in [-0.25, -0.2) is 4.98 Å². The molecule has 37 heavy (non-hydrogen) atoms. The summed E-state index contributed by atoms with van der Waals surface area (Å²) in [6.45, 7) is 4.04. The van der Waals surface area contributed by atoms with Crippen molar-refractivity contribution >= 4 is 55.7 Å². The number of carbonyl (C=O) groups is 2. The van der Waals surface area contributed by atoms with Crippen molar-refractivity contribution in [3.05, 3.63) is 93.5 Å². The molecule has 0 bridgehead atoms. The number of ether oxygens (including phenoxy) is 1. The molecule has 2 aliphatic heterocycles. The third-order valence-electron chi connectivity index (χ3n) is 6.86. The van der Waals surface area contributed by atoms with Crippen molar-refractivity contribution in [2.24, 2.45) is 0 Å². The summed E-state index contributed by atoms with van der Waals surface area (Å²) in [5.41, 5.74) is 3.99. The fourth-order valence-electron chi connectivity index (χ4n) is 5.00. The molecule has 0 spiro atoms. The number of benzene rings is 3. The molecule has 3 aromatic carbocycles. The highest BCUT2D eigenvalue weighted by molar-refractivity contribution is 7.22. The van der Waals surface area contributed by atoms with Gasteiger partial charge in [-0.15, -0.1) is 0 Å². The number of aliphatic hydroxyl groups is 1. The Bertz CT molecular complexity index is 1610. The lowest BCUT2D eigenvalue weighted by Crippen LogP contribution is -2.29. The van der Waals surface area contributed by atoms with E-state index in [4.69, 9.17) is 16.3 Å². The number of hydrogen-bond acceptors (Lipinski definition) is 6. The smallest absolute Gasteiger partial charge is 0.301 e. The molecule has 0 radical (unpaired) electrons. The summed E-state index contributed by atoms with van der Waals surface area (Å²) in [7, 11) is 0. The quantitative estimate of drug-likeness (QED) is 0.186. The van der Waals surface area contributed by atoms with E-state index in [1.807, 2.05) is 37.3 Å². The van der Waals surface area contributed by atoms with Gasteiger partial charge in [0.1, 0.15) is 17.6 Å². The average molecular weight is 531 g/mol. The first-order valence-corrected chi connectivity index (χ1v) is 13.3. The molecule has 186 valence electrons. The van der Waals surface area contributed by atoms with Gasteiger partial charge >= 0.3 is 5.91 Å². The first-order valence-electron chi connectivity index (χ1n) is 12.1. The van der Waals surface area contributed by atoms with Crippen molar-refractivity contribution in [2.75, 3.05) is 4.90 Å². The van der Waals surface area contributed by atoms with E-state index in [0.717, 1.165) is 28.0 Å². The second-order valence-corrected chi connectivity index (χ2v) is 10.8. The molecule has 2 atom stereocenters. The number of aryl methyl sites for hydroxylation is 1. The molecule has 1 aromatic heterocycles. The summed E-state index contributed by atoms with van der Waals surface area (Å²) in [5, 5.41) is 12.4. The number of ketones is 1. The molecular weight excluding hydrogens is 508 g/mol. The second-order valence-electron chi connectivity index (χ2n) is 9.33. The maximum atomic E-state index is 13.5. The van der Waals surface area contributed by atoms with Gasteiger partial charge in [0.25, 0.3) is 5.78 Å². The zero-order valence-electron chi connectivity index (χ0n) is 20.2. The summed E-state index contributed by atoms with van der Waals surface area (Å²) in [6.07, 6.45) is 1.61. The van der Waals surface area contributed by atoms with E-state index in [-0.39, 0.29) is 17.4 Å². The van der Waals surface area contributed by atoms with Crippen LogP contribution in [0.5, 0.6) is 5.75 Å². The number of nitrogens with zero attached hydrogens (tertiary/aromatic N) is 2. The maximum Gasteiger partial charge on any atom is 0.301 e. The van der Waals surface area contributed by atoms with Crippen LogP contribution in [-0.4, -0.2) is 27.9 Å². The number of fused-ring (bicyclic) bond motifs is 2. The summed E-state index contributed by atoms with van der Waals surface area (Å²) in [4.78, 5) is 33.0. The molecule has 6 rings (SSSR count). The van der Waals surface area contributed by atoms with Crippen molar-refractivity contribution in [1.82, 2.24) is 4.98 Å². The van der Waals surface area contributed by atoms with Crippen LogP contribution in [0.25, 0.3) is 16.0 Å². The second kappa shape index (κ2) is 9.01. The van der Waals surface area contributed by atoms with E-state index in [0.29, 0.717) is 33.2 Å². The van der Waals surface area contributed by atoms with Gasteiger partial charge in [0.05, 0.1) is 21.8 Å². The van der Waals surface area contributed by atoms with Gasteiger partial charge in [-0.1, -0.05) is 54.1 Å². The van der Waals surface area contributed by atoms with Gasteiger partial charge < -0.3 is 9.84 Å². The Balaban J connectivity index is 1.53. The lowest BCUT2D eigenvalue weighted by Gasteiger charge is -2.23. The normalized spacial score (nSPS) is 20.5. The monoisotopic (exact) mass is 530 g/mol. The molecule has 8 heteroatoms. The Kier molecular flexibility index (Phi) is 5.77. The largest absolute Gasteiger partial charge is 0.507 e. The molecule has 1 amide bonds. The van der Waals surface area contributed by atoms with Crippen molar-refractivity contribution in [3.8, 4) is 5.75 Å². The number of Topliss-reactive ketones (excluding diaryl/α,β-unsaturated/α-hetero) is 1.